The second kappa shape index (κ2) is 5.06. The summed E-state index contributed by atoms with van der Waals surface area (Å²) in [4.78, 5) is 23.3. The highest BCUT2D eigenvalue weighted by molar-refractivity contribution is 6.05. The van der Waals surface area contributed by atoms with Crippen LogP contribution in [0.4, 0.5) is 0 Å². The third kappa shape index (κ3) is 1.86. The van der Waals surface area contributed by atoms with E-state index in [9.17, 15) is 19.8 Å². The summed E-state index contributed by atoms with van der Waals surface area (Å²) < 4.78 is 0. The fourth-order valence-corrected chi connectivity index (χ4v) is 3.35. The molecule has 0 amide bonds. The maximum Gasteiger partial charge on any atom is 0.336 e. The molecule has 0 saturated heterocycles. The minimum absolute atomic E-state index is 0.00678. The van der Waals surface area contributed by atoms with Gasteiger partial charge in [-0.2, -0.15) is 0 Å². The molecule has 0 aliphatic heterocycles. The van der Waals surface area contributed by atoms with Crippen LogP contribution in [-0.2, 0) is 0 Å². The van der Waals surface area contributed by atoms with Crippen LogP contribution in [-0.4, -0.2) is 22.2 Å². The second-order valence-corrected chi connectivity index (χ2v) is 5.61. The Morgan fingerprint density at radius 3 is 1.79 bits per heavy atom. The predicted molar refractivity (Wildman–Crippen MR) is 87.6 cm³/mol. The van der Waals surface area contributed by atoms with Crippen molar-refractivity contribution in [2.75, 3.05) is 0 Å². The van der Waals surface area contributed by atoms with Gasteiger partial charge in [-0.1, -0.05) is 48.5 Å². The van der Waals surface area contributed by atoms with Gasteiger partial charge in [0, 0.05) is 5.56 Å². The number of carboxylic acids is 2. The second-order valence-electron chi connectivity index (χ2n) is 5.61. The molecule has 116 valence electrons. The van der Waals surface area contributed by atoms with Crippen molar-refractivity contribution in [3.05, 3.63) is 92.7 Å². The van der Waals surface area contributed by atoms with Crippen molar-refractivity contribution in [3.63, 3.8) is 0 Å². The minimum Gasteiger partial charge on any atom is -0.478 e. The van der Waals surface area contributed by atoms with Gasteiger partial charge < -0.3 is 10.2 Å². The van der Waals surface area contributed by atoms with Crippen LogP contribution < -0.4 is 0 Å². The third-order valence-electron chi connectivity index (χ3n) is 4.35. The molecule has 4 rings (SSSR count). The van der Waals surface area contributed by atoms with Crippen molar-refractivity contribution >= 4 is 11.9 Å². The van der Waals surface area contributed by atoms with Crippen LogP contribution in [0.2, 0.25) is 0 Å². The Balaban J connectivity index is 2.19. The summed E-state index contributed by atoms with van der Waals surface area (Å²) in [5, 5.41) is 23.1. The first-order chi connectivity index (χ1) is 11.6. The Labute approximate surface area is 136 Å². The molecule has 0 heterocycles. The van der Waals surface area contributed by atoms with E-state index in [1.807, 2.05) is 36.4 Å². The van der Waals surface area contributed by atoms with Crippen molar-refractivity contribution in [3.8, 4) is 11.1 Å². The summed E-state index contributed by atoms with van der Waals surface area (Å²) in [6.07, 6.45) is 0. The molecule has 0 bridgehead atoms. The van der Waals surface area contributed by atoms with E-state index < -0.39 is 11.9 Å². The zero-order chi connectivity index (χ0) is 16.8. The lowest BCUT2D eigenvalue weighted by Crippen LogP contribution is -2.08. The highest BCUT2D eigenvalue weighted by atomic mass is 16.4. The van der Waals surface area contributed by atoms with Gasteiger partial charge in [0.05, 0.1) is 11.1 Å². The average Bonchev–Trinajstić information content (AvgIpc) is 2.58. The zero-order valence-electron chi connectivity index (χ0n) is 12.5. The number of hydrogen-bond acceptors (Lipinski definition) is 2. The topological polar surface area (TPSA) is 74.6 Å². The fourth-order valence-electron chi connectivity index (χ4n) is 3.35. The summed E-state index contributed by atoms with van der Waals surface area (Å²) in [5.41, 5.74) is 0.880. The molecule has 0 radical (unpaired) electrons. The molecule has 0 fully saturated rings. The van der Waals surface area contributed by atoms with E-state index in [2.05, 4.69) is 0 Å². The maximum absolute atomic E-state index is 11.6. The molecule has 1 aliphatic rings. The molecule has 24 heavy (non-hydrogen) atoms. The highest BCUT2D eigenvalue weighted by Gasteiger charge is 2.21. The number of aromatic carboxylic acids is 2. The van der Waals surface area contributed by atoms with Gasteiger partial charge in [-0.25, -0.2) is 9.59 Å². The summed E-state index contributed by atoms with van der Waals surface area (Å²) in [7, 11) is 0. The summed E-state index contributed by atoms with van der Waals surface area (Å²) in [5.74, 6) is -2.28. The Morgan fingerprint density at radius 2 is 1.17 bits per heavy atom. The average molecular weight is 316 g/mol. The van der Waals surface area contributed by atoms with Crippen molar-refractivity contribution < 1.29 is 19.8 Å². The molecule has 3 aromatic carbocycles. The Morgan fingerprint density at radius 1 is 0.625 bits per heavy atom. The van der Waals surface area contributed by atoms with Gasteiger partial charge in [-0.05, 0) is 38.6 Å². The van der Waals surface area contributed by atoms with Gasteiger partial charge in [0.15, 0.2) is 0 Å². The molecule has 0 spiro atoms. The largest absolute Gasteiger partial charge is 0.478 e. The quantitative estimate of drug-likeness (QED) is 0.605. The van der Waals surface area contributed by atoms with Crippen LogP contribution in [0.3, 0.4) is 0 Å². The van der Waals surface area contributed by atoms with Crippen LogP contribution in [0, 0.1) is 20.9 Å². The van der Waals surface area contributed by atoms with Gasteiger partial charge in [0.2, 0.25) is 0 Å². The lowest BCUT2D eigenvalue weighted by molar-refractivity contribution is 0.0696. The molecular weight excluding hydrogens is 304 g/mol. The van der Waals surface area contributed by atoms with Gasteiger partial charge in [0.1, 0.15) is 0 Å². The lowest BCUT2D eigenvalue weighted by Gasteiger charge is -2.14. The molecule has 4 heteroatoms. The predicted octanol–water partition coefficient (Wildman–Crippen LogP) is 3.64. The van der Waals surface area contributed by atoms with E-state index in [4.69, 9.17) is 0 Å². The van der Waals surface area contributed by atoms with E-state index in [0.29, 0.717) is 5.56 Å². The minimum atomic E-state index is -1.14. The van der Waals surface area contributed by atoms with Crippen LogP contribution in [0.5, 0.6) is 0 Å². The van der Waals surface area contributed by atoms with Gasteiger partial charge in [-0.3, -0.25) is 0 Å². The number of fused-ring (bicyclic) bond motifs is 2. The SMILES string of the molecule is O=C(O)c1cccc(C(=O)O)c1-c1cccc2c1=c1ccccc1=2. The summed E-state index contributed by atoms with van der Waals surface area (Å²) >= 11 is 0. The number of hydrogen-bond donors (Lipinski definition) is 2. The number of benzene rings is 3. The van der Waals surface area contributed by atoms with Crippen LogP contribution >= 0.6 is 0 Å². The third-order valence-corrected chi connectivity index (χ3v) is 4.35. The van der Waals surface area contributed by atoms with E-state index in [1.54, 1.807) is 6.07 Å². The van der Waals surface area contributed by atoms with E-state index in [-0.39, 0.29) is 16.7 Å². The zero-order valence-corrected chi connectivity index (χ0v) is 12.5. The molecule has 0 atom stereocenters. The number of carbonyl (C=O) groups is 2. The molecule has 0 saturated carbocycles. The molecular formula is C20H12O4. The maximum atomic E-state index is 11.6. The number of carboxylic acid groups (broad SMARTS) is 2. The van der Waals surface area contributed by atoms with Gasteiger partial charge in [0.25, 0.3) is 0 Å². The molecule has 0 aromatic heterocycles. The Hall–Kier alpha value is -3.40. The smallest absolute Gasteiger partial charge is 0.336 e. The first-order valence-corrected chi connectivity index (χ1v) is 7.42. The lowest BCUT2D eigenvalue weighted by atomic mass is 9.88. The fraction of sp³-hybridized carbons (Fsp3) is 0. The summed E-state index contributed by atoms with van der Waals surface area (Å²) in [6.45, 7) is 0. The van der Waals surface area contributed by atoms with Gasteiger partial charge >= 0.3 is 11.9 Å². The van der Waals surface area contributed by atoms with Crippen molar-refractivity contribution in [2.45, 2.75) is 0 Å². The number of rotatable bonds is 3. The van der Waals surface area contributed by atoms with Crippen LogP contribution in [0.15, 0.2) is 60.7 Å². The summed E-state index contributed by atoms with van der Waals surface area (Å²) in [6, 6.07) is 17.7. The molecule has 4 nitrogen and oxygen atoms in total. The van der Waals surface area contributed by atoms with Crippen molar-refractivity contribution in [1.82, 2.24) is 0 Å². The van der Waals surface area contributed by atoms with Crippen molar-refractivity contribution in [2.24, 2.45) is 0 Å². The van der Waals surface area contributed by atoms with Crippen LogP contribution in [0.1, 0.15) is 20.7 Å². The van der Waals surface area contributed by atoms with Crippen LogP contribution in [0.25, 0.3) is 11.1 Å². The van der Waals surface area contributed by atoms with Crippen molar-refractivity contribution in [1.29, 1.82) is 0 Å². The standard InChI is InChI=1S/C20H12O4/c21-19(22)15-9-4-10-16(20(23)24)18(15)14-8-3-7-13-11-5-1-2-6-12(11)17(13)14/h1-10H,(H,21,22)(H,23,24). The Kier molecular flexibility index (Phi) is 3.00. The monoisotopic (exact) mass is 316 g/mol. The molecule has 2 N–H and O–H groups in total. The Bertz CT molecular complexity index is 1180. The first kappa shape index (κ1) is 14.2. The normalized spacial score (nSPS) is 11.2. The molecule has 0 unspecified atom stereocenters. The molecule has 3 aromatic rings. The van der Waals surface area contributed by atoms with E-state index in [1.165, 1.54) is 18.2 Å². The van der Waals surface area contributed by atoms with E-state index >= 15 is 0 Å². The molecule has 1 aliphatic carbocycles. The van der Waals surface area contributed by atoms with Gasteiger partial charge in [-0.15, -0.1) is 0 Å². The first-order valence-electron chi connectivity index (χ1n) is 7.42. The highest BCUT2D eigenvalue weighted by Crippen LogP contribution is 2.32. The van der Waals surface area contributed by atoms with E-state index in [0.717, 1.165) is 20.9 Å².